The van der Waals surface area contributed by atoms with Gasteiger partial charge in [0.2, 0.25) is 0 Å². The predicted octanol–water partition coefficient (Wildman–Crippen LogP) is 4.47. The molecule has 7 nitrogen and oxygen atoms in total. The van der Waals surface area contributed by atoms with Gasteiger partial charge in [0.1, 0.15) is 12.6 Å². The second-order valence-electron chi connectivity index (χ2n) is 9.06. The Hall–Kier alpha value is -1.34. The number of urea groups is 1. The van der Waals surface area contributed by atoms with Gasteiger partial charge in [-0.1, -0.05) is 77.6 Å². The molecular formula is C22H46N3O4+. The fourth-order valence-corrected chi connectivity index (χ4v) is 3.29. The van der Waals surface area contributed by atoms with Crippen LogP contribution in [0.15, 0.2) is 0 Å². The summed E-state index contributed by atoms with van der Waals surface area (Å²) in [4.78, 5) is 28.0. The van der Waals surface area contributed by atoms with E-state index in [9.17, 15) is 9.59 Å². The molecule has 0 heterocycles. The highest BCUT2D eigenvalue weighted by atomic mass is 16.7. The minimum absolute atomic E-state index is 0.144. The molecule has 0 aromatic heterocycles. The molecule has 0 aliphatic rings. The highest BCUT2D eigenvalue weighted by molar-refractivity contribution is 5.72. The number of carbonyl (C=O) groups is 2. The molecule has 1 atom stereocenters. The van der Waals surface area contributed by atoms with Gasteiger partial charge < -0.3 is 14.9 Å². The number of hydrogen-bond donors (Lipinski definition) is 3. The first kappa shape index (κ1) is 27.7. The zero-order chi connectivity index (χ0) is 22.0. The summed E-state index contributed by atoms with van der Waals surface area (Å²) in [6, 6.07) is -0.412. The molecule has 3 N–H and O–H groups in total. The lowest BCUT2D eigenvalue weighted by Gasteiger charge is -2.28. The lowest BCUT2D eigenvalue weighted by atomic mass is 10.1. The average molecular weight is 417 g/mol. The van der Waals surface area contributed by atoms with Gasteiger partial charge in [-0.05, 0) is 6.42 Å². The molecule has 0 fully saturated rings. The van der Waals surface area contributed by atoms with Gasteiger partial charge >= 0.3 is 12.0 Å². The van der Waals surface area contributed by atoms with E-state index in [4.69, 9.17) is 9.94 Å². The summed E-state index contributed by atoms with van der Waals surface area (Å²) in [7, 11) is 5.85. The maximum atomic E-state index is 11.8. The van der Waals surface area contributed by atoms with Crippen LogP contribution in [0.4, 0.5) is 4.79 Å². The molecule has 172 valence electrons. The number of nitrogens with one attached hydrogen (secondary N) is 2. The number of unbranched alkanes of at least 4 members (excludes halogenated alkanes) is 11. The van der Waals surface area contributed by atoms with E-state index in [1.54, 1.807) is 0 Å². The fourth-order valence-electron chi connectivity index (χ4n) is 3.29. The van der Waals surface area contributed by atoms with Crippen molar-refractivity contribution in [3.63, 3.8) is 0 Å². The van der Waals surface area contributed by atoms with E-state index in [0.717, 1.165) is 12.8 Å². The summed E-state index contributed by atoms with van der Waals surface area (Å²) in [5.41, 5.74) is 2.33. The van der Waals surface area contributed by atoms with Gasteiger partial charge in [-0.15, -0.1) is 0 Å². The van der Waals surface area contributed by atoms with Crippen LogP contribution >= 0.6 is 0 Å². The smallest absolute Gasteiger partial charge is 0.338 e. The standard InChI is InChI=1S/C22H45N3O4/c1-5-6-7-8-9-10-11-12-13-14-15-16-17-23-22(28)24-29-20(18-21(26)27)19-25(2,3)4/h20H,5-19H2,1-4H3,(H2-,23,24,26,27,28)/p+1/t20-/m1/s1. The average Bonchev–Trinajstić information content (AvgIpc) is 2.62. The Morgan fingerprint density at radius 3 is 1.79 bits per heavy atom. The molecule has 0 aromatic carbocycles. The monoisotopic (exact) mass is 416 g/mol. The number of hydrogen-bond acceptors (Lipinski definition) is 3. The van der Waals surface area contributed by atoms with Crippen molar-refractivity contribution in [3.8, 4) is 0 Å². The Bertz CT molecular complexity index is 425. The van der Waals surface area contributed by atoms with Crippen molar-refractivity contribution in [3.05, 3.63) is 0 Å². The second-order valence-corrected chi connectivity index (χ2v) is 9.06. The van der Waals surface area contributed by atoms with Gasteiger partial charge in [-0.25, -0.2) is 10.3 Å². The van der Waals surface area contributed by atoms with Crippen LogP contribution in [-0.4, -0.2) is 61.9 Å². The minimum Gasteiger partial charge on any atom is -0.481 e. The first-order valence-electron chi connectivity index (χ1n) is 11.5. The molecule has 0 aliphatic heterocycles. The molecule has 7 heteroatoms. The van der Waals surface area contributed by atoms with Crippen LogP contribution in [0, 0.1) is 0 Å². The molecule has 29 heavy (non-hydrogen) atoms. The van der Waals surface area contributed by atoms with Crippen LogP contribution < -0.4 is 10.8 Å². The third kappa shape index (κ3) is 21.2. The molecule has 0 aliphatic carbocycles. The van der Waals surface area contributed by atoms with Crippen molar-refractivity contribution in [2.75, 3.05) is 34.2 Å². The number of amides is 2. The van der Waals surface area contributed by atoms with Gasteiger partial charge in [0, 0.05) is 6.54 Å². The summed E-state index contributed by atoms with van der Waals surface area (Å²) in [6.45, 7) is 3.35. The van der Waals surface area contributed by atoms with Crippen molar-refractivity contribution in [1.29, 1.82) is 0 Å². The molecule has 0 bridgehead atoms. The molecule has 0 saturated carbocycles. The van der Waals surface area contributed by atoms with Crippen LogP contribution in [0.1, 0.15) is 90.4 Å². The third-order valence-electron chi connectivity index (χ3n) is 4.79. The highest BCUT2D eigenvalue weighted by Crippen LogP contribution is 2.11. The Kier molecular flexibility index (Phi) is 16.7. The number of likely N-dealkylation sites (N-methyl/N-ethyl adjacent to an activating group) is 1. The first-order chi connectivity index (χ1) is 13.7. The molecule has 2 amide bonds. The number of quaternary nitrogens is 1. The fraction of sp³-hybridized carbons (Fsp3) is 0.909. The molecular weight excluding hydrogens is 370 g/mol. The number of carboxylic acids is 1. The lowest BCUT2D eigenvalue weighted by Crippen LogP contribution is -2.47. The van der Waals surface area contributed by atoms with E-state index in [0.29, 0.717) is 17.6 Å². The summed E-state index contributed by atoms with van der Waals surface area (Å²) < 4.78 is 0.556. The van der Waals surface area contributed by atoms with Crippen molar-refractivity contribution in [2.24, 2.45) is 0 Å². The van der Waals surface area contributed by atoms with Crippen molar-refractivity contribution < 1.29 is 24.0 Å². The first-order valence-corrected chi connectivity index (χ1v) is 11.5. The molecule has 0 rings (SSSR count). The summed E-state index contributed by atoms with van der Waals surface area (Å²) in [5.74, 6) is -0.942. The van der Waals surface area contributed by atoms with Crippen LogP contribution in [0.2, 0.25) is 0 Å². The van der Waals surface area contributed by atoms with E-state index < -0.39 is 18.1 Å². The van der Waals surface area contributed by atoms with E-state index >= 15 is 0 Å². The lowest BCUT2D eigenvalue weighted by molar-refractivity contribution is -0.873. The maximum absolute atomic E-state index is 11.8. The van der Waals surface area contributed by atoms with Gasteiger partial charge in [0.05, 0.1) is 27.6 Å². The quantitative estimate of drug-likeness (QED) is 0.165. The van der Waals surface area contributed by atoms with E-state index in [2.05, 4.69) is 17.7 Å². The van der Waals surface area contributed by atoms with E-state index in [-0.39, 0.29) is 6.42 Å². The largest absolute Gasteiger partial charge is 0.481 e. The third-order valence-corrected chi connectivity index (χ3v) is 4.79. The molecule has 0 spiro atoms. The van der Waals surface area contributed by atoms with Gasteiger partial charge in [-0.2, -0.15) is 0 Å². The SMILES string of the molecule is CCCCCCCCCCCCCCNC(=O)NO[C@H](CC(=O)O)C[N+](C)(C)C. The van der Waals surface area contributed by atoms with Crippen LogP contribution in [-0.2, 0) is 9.63 Å². The number of hydroxylamine groups is 1. The van der Waals surface area contributed by atoms with Crippen molar-refractivity contribution in [2.45, 2.75) is 96.5 Å². The van der Waals surface area contributed by atoms with Crippen LogP contribution in [0.3, 0.4) is 0 Å². The van der Waals surface area contributed by atoms with Gasteiger partial charge in [0.25, 0.3) is 0 Å². The Balaban J connectivity index is 3.60. The topological polar surface area (TPSA) is 87.7 Å². The summed E-state index contributed by atoms with van der Waals surface area (Å²) >= 11 is 0. The van der Waals surface area contributed by atoms with Crippen molar-refractivity contribution in [1.82, 2.24) is 10.8 Å². The summed E-state index contributed by atoms with van der Waals surface area (Å²) in [6.07, 6.45) is 14.7. The minimum atomic E-state index is -0.942. The normalized spacial score (nSPS) is 12.6. The van der Waals surface area contributed by atoms with Crippen molar-refractivity contribution >= 4 is 12.0 Å². The highest BCUT2D eigenvalue weighted by Gasteiger charge is 2.23. The van der Waals surface area contributed by atoms with E-state index in [1.165, 1.54) is 64.2 Å². The molecule has 0 unspecified atom stereocenters. The zero-order valence-electron chi connectivity index (χ0n) is 19.3. The second kappa shape index (κ2) is 17.5. The van der Waals surface area contributed by atoms with Gasteiger partial charge in [-0.3, -0.25) is 9.63 Å². The van der Waals surface area contributed by atoms with E-state index in [1.807, 2.05) is 21.1 Å². The summed E-state index contributed by atoms with van der Waals surface area (Å²) in [5, 5.41) is 11.7. The molecule has 0 radical (unpaired) electrons. The maximum Gasteiger partial charge on any atom is 0.338 e. The Labute approximate surface area is 178 Å². The van der Waals surface area contributed by atoms with Crippen LogP contribution in [0.5, 0.6) is 0 Å². The number of aliphatic carboxylic acids is 1. The Morgan fingerprint density at radius 1 is 0.862 bits per heavy atom. The number of carboxylic acid groups (broad SMARTS) is 1. The number of nitrogens with zero attached hydrogens (tertiary/aromatic N) is 1. The number of carbonyl (C=O) groups excluding carboxylic acids is 1. The zero-order valence-corrected chi connectivity index (χ0v) is 19.3. The number of rotatable bonds is 19. The predicted molar refractivity (Wildman–Crippen MR) is 118 cm³/mol. The van der Waals surface area contributed by atoms with Gasteiger partial charge in [0.15, 0.2) is 0 Å². The molecule has 0 aromatic rings. The Morgan fingerprint density at radius 2 is 1.34 bits per heavy atom. The van der Waals surface area contributed by atoms with Crippen LogP contribution in [0.25, 0.3) is 0 Å². The molecule has 0 saturated heterocycles.